The lowest BCUT2D eigenvalue weighted by atomic mass is 10.1. The minimum absolute atomic E-state index is 0.218. The summed E-state index contributed by atoms with van der Waals surface area (Å²) in [6.07, 6.45) is 3.74. The van der Waals surface area contributed by atoms with Gasteiger partial charge in [0.15, 0.2) is 0 Å². The Morgan fingerprint density at radius 1 is 1.14 bits per heavy atom. The zero-order chi connectivity index (χ0) is 14.8. The van der Waals surface area contributed by atoms with Crippen molar-refractivity contribution in [2.24, 2.45) is 0 Å². The van der Waals surface area contributed by atoms with Crippen LogP contribution in [0.1, 0.15) is 5.56 Å². The van der Waals surface area contributed by atoms with Crippen molar-refractivity contribution in [1.29, 1.82) is 0 Å². The van der Waals surface area contributed by atoms with E-state index in [0.717, 1.165) is 15.6 Å². The fourth-order valence-electron chi connectivity index (χ4n) is 2.11. The van der Waals surface area contributed by atoms with Crippen LogP contribution in [0.25, 0.3) is 11.1 Å². The smallest absolute Gasteiger partial charge is 0.128 e. The highest BCUT2D eigenvalue weighted by Crippen LogP contribution is 2.22. The van der Waals surface area contributed by atoms with E-state index in [1.807, 2.05) is 24.4 Å². The van der Waals surface area contributed by atoms with Gasteiger partial charge < -0.3 is 0 Å². The van der Waals surface area contributed by atoms with Crippen molar-refractivity contribution in [2.45, 2.75) is 6.54 Å². The Labute approximate surface area is 144 Å². The van der Waals surface area contributed by atoms with E-state index in [0.29, 0.717) is 12.1 Å². The molecule has 0 aliphatic carbocycles. The highest BCUT2D eigenvalue weighted by atomic mass is 127. The Balaban J connectivity index is 1.87. The van der Waals surface area contributed by atoms with Crippen LogP contribution in [-0.2, 0) is 6.54 Å². The first kappa shape index (κ1) is 14.7. The Morgan fingerprint density at radius 2 is 2.00 bits per heavy atom. The molecule has 3 aromatic rings. The molecular weight excluding hydrogens is 446 g/mol. The maximum atomic E-state index is 13.8. The van der Waals surface area contributed by atoms with Crippen molar-refractivity contribution >= 4 is 38.5 Å². The van der Waals surface area contributed by atoms with Crippen molar-refractivity contribution in [2.75, 3.05) is 0 Å². The summed E-state index contributed by atoms with van der Waals surface area (Å²) in [6.45, 7) is 0.412. The lowest BCUT2D eigenvalue weighted by Gasteiger charge is -2.04. The average Bonchev–Trinajstić information content (AvgIpc) is 2.91. The summed E-state index contributed by atoms with van der Waals surface area (Å²) in [5, 5.41) is 4.32. The second-order valence-corrected chi connectivity index (χ2v) is 6.83. The standard InChI is InChI=1S/C16H11BrFIN2/c17-14-4-5-16(18)12(6-14)9-21-10-13(8-20-21)11-2-1-3-15(19)7-11/h1-8,10H,9H2. The quantitative estimate of drug-likeness (QED) is 0.501. The van der Waals surface area contributed by atoms with Gasteiger partial charge in [0.25, 0.3) is 0 Å². The first-order valence-corrected chi connectivity index (χ1v) is 8.21. The lowest BCUT2D eigenvalue weighted by molar-refractivity contribution is 0.585. The van der Waals surface area contributed by atoms with Crippen LogP contribution in [0.15, 0.2) is 59.3 Å². The Kier molecular flexibility index (Phi) is 4.40. The molecule has 0 bridgehead atoms. The van der Waals surface area contributed by atoms with Crippen LogP contribution in [0.4, 0.5) is 4.39 Å². The van der Waals surface area contributed by atoms with Crippen molar-refractivity contribution < 1.29 is 4.39 Å². The van der Waals surface area contributed by atoms with E-state index in [1.54, 1.807) is 23.0 Å². The van der Waals surface area contributed by atoms with Crippen LogP contribution in [0, 0.1) is 9.39 Å². The molecule has 0 aliphatic rings. The van der Waals surface area contributed by atoms with Gasteiger partial charge in [-0.05, 0) is 58.5 Å². The second-order valence-electron chi connectivity index (χ2n) is 4.67. The number of rotatable bonds is 3. The predicted molar refractivity (Wildman–Crippen MR) is 93.6 cm³/mol. The molecule has 21 heavy (non-hydrogen) atoms. The number of nitrogens with zero attached hydrogens (tertiary/aromatic N) is 2. The fraction of sp³-hybridized carbons (Fsp3) is 0.0625. The monoisotopic (exact) mass is 456 g/mol. The summed E-state index contributed by atoms with van der Waals surface area (Å²) in [7, 11) is 0. The molecule has 0 unspecified atom stereocenters. The molecule has 0 saturated heterocycles. The molecule has 2 aromatic carbocycles. The van der Waals surface area contributed by atoms with Gasteiger partial charge in [-0.25, -0.2) is 4.39 Å². The van der Waals surface area contributed by atoms with Crippen LogP contribution in [0.5, 0.6) is 0 Å². The SMILES string of the molecule is Fc1ccc(Br)cc1Cn1cc(-c2cccc(I)c2)cn1. The van der Waals surface area contributed by atoms with E-state index in [-0.39, 0.29) is 5.82 Å². The third kappa shape index (κ3) is 3.52. The van der Waals surface area contributed by atoms with Gasteiger partial charge in [0.05, 0.1) is 12.7 Å². The molecule has 1 aromatic heterocycles. The number of hydrogen-bond donors (Lipinski definition) is 0. The van der Waals surface area contributed by atoms with Crippen LogP contribution in [-0.4, -0.2) is 9.78 Å². The van der Waals surface area contributed by atoms with Crippen LogP contribution < -0.4 is 0 Å². The predicted octanol–water partition coefficient (Wildman–Crippen LogP) is 5.10. The van der Waals surface area contributed by atoms with Gasteiger partial charge in [-0.15, -0.1) is 0 Å². The molecule has 0 radical (unpaired) electrons. The third-order valence-corrected chi connectivity index (χ3v) is 4.30. The second kappa shape index (κ2) is 6.27. The molecule has 3 rings (SSSR count). The molecule has 0 N–H and O–H groups in total. The van der Waals surface area contributed by atoms with Crippen molar-refractivity contribution in [3.63, 3.8) is 0 Å². The normalized spacial score (nSPS) is 10.8. The summed E-state index contributed by atoms with van der Waals surface area (Å²) < 4.78 is 17.6. The highest BCUT2D eigenvalue weighted by Gasteiger charge is 2.06. The van der Waals surface area contributed by atoms with Gasteiger partial charge in [0.2, 0.25) is 0 Å². The number of halogens is 3. The maximum absolute atomic E-state index is 13.8. The molecule has 0 amide bonds. The molecular formula is C16H11BrFIN2. The Bertz CT molecular complexity index is 785. The third-order valence-electron chi connectivity index (χ3n) is 3.13. The van der Waals surface area contributed by atoms with Gasteiger partial charge in [-0.3, -0.25) is 4.68 Å². The van der Waals surface area contributed by atoms with E-state index in [2.05, 4.69) is 49.7 Å². The first-order valence-electron chi connectivity index (χ1n) is 6.34. The molecule has 0 saturated carbocycles. The van der Waals surface area contributed by atoms with Gasteiger partial charge in [0.1, 0.15) is 5.82 Å². The summed E-state index contributed by atoms with van der Waals surface area (Å²) >= 11 is 5.65. The van der Waals surface area contributed by atoms with Crippen LogP contribution >= 0.6 is 38.5 Å². The first-order chi connectivity index (χ1) is 10.1. The molecule has 0 fully saturated rings. The number of hydrogen-bond acceptors (Lipinski definition) is 1. The van der Waals surface area contributed by atoms with Gasteiger partial charge >= 0.3 is 0 Å². The minimum atomic E-state index is -0.218. The molecule has 5 heteroatoms. The van der Waals surface area contributed by atoms with E-state index >= 15 is 0 Å². The summed E-state index contributed by atoms with van der Waals surface area (Å²) in [4.78, 5) is 0. The molecule has 106 valence electrons. The van der Waals surface area contributed by atoms with Gasteiger partial charge in [-0.2, -0.15) is 5.10 Å². The van der Waals surface area contributed by atoms with Crippen LogP contribution in [0.2, 0.25) is 0 Å². The van der Waals surface area contributed by atoms with Gasteiger partial charge in [0, 0.05) is 25.4 Å². The van der Waals surface area contributed by atoms with E-state index < -0.39 is 0 Å². The Hall–Kier alpha value is -1.21. The van der Waals surface area contributed by atoms with Crippen molar-refractivity contribution in [3.05, 3.63) is 74.3 Å². The summed E-state index contributed by atoms with van der Waals surface area (Å²) in [5.41, 5.74) is 2.76. The molecule has 1 heterocycles. The zero-order valence-electron chi connectivity index (χ0n) is 10.9. The molecule has 0 aliphatic heterocycles. The summed E-state index contributed by atoms with van der Waals surface area (Å²) in [6, 6.07) is 13.1. The highest BCUT2D eigenvalue weighted by molar-refractivity contribution is 14.1. The van der Waals surface area contributed by atoms with E-state index in [4.69, 9.17) is 0 Å². The number of benzene rings is 2. The number of aromatic nitrogens is 2. The van der Waals surface area contributed by atoms with Crippen molar-refractivity contribution in [3.8, 4) is 11.1 Å². The molecule has 0 atom stereocenters. The summed E-state index contributed by atoms with van der Waals surface area (Å²) in [5.74, 6) is -0.218. The topological polar surface area (TPSA) is 17.8 Å². The maximum Gasteiger partial charge on any atom is 0.128 e. The van der Waals surface area contributed by atoms with Gasteiger partial charge in [-0.1, -0.05) is 28.1 Å². The largest absolute Gasteiger partial charge is 0.268 e. The molecule has 0 spiro atoms. The molecule has 2 nitrogen and oxygen atoms in total. The minimum Gasteiger partial charge on any atom is -0.268 e. The van der Waals surface area contributed by atoms with Crippen LogP contribution in [0.3, 0.4) is 0 Å². The Morgan fingerprint density at radius 3 is 2.81 bits per heavy atom. The van der Waals surface area contributed by atoms with E-state index in [9.17, 15) is 4.39 Å². The fourth-order valence-corrected chi connectivity index (χ4v) is 3.06. The zero-order valence-corrected chi connectivity index (χ0v) is 14.7. The average molecular weight is 457 g/mol. The lowest BCUT2D eigenvalue weighted by Crippen LogP contribution is -2.02. The van der Waals surface area contributed by atoms with E-state index in [1.165, 1.54) is 9.64 Å². The van der Waals surface area contributed by atoms with Crippen molar-refractivity contribution in [1.82, 2.24) is 9.78 Å².